The summed E-state index contributed by atoms with van der Waals surface area (Å²) in [6, 6.07) is 56.2. The molecule has 0 amide bonds. The van der Waals surface area contributed by atoms with Crippen LogP contribution < -0.4 is 20.9 Å². The molecule has 2 atom stereocenters. The van der Waals surface area contributed by atoms with E-state index in [1.54, 1.807) is 24.3 Å². The predicted octanol–water partition coefficient (Wildman–Crippen LogP) is 10.1. The maximum Gasteiger partial charge on any atom is 0.303 e. The van der Waals surface area contributed by atoms with Crippen LogP contribution in [0, 0.1) is 0 Å². The molecule has 0 fully saturated rings. The van der Waals surface area contributed by atoms with Crippen LogP contribution in [0.4, 0.5) is 11.4 Å². The second kappa shape index (κ2) is 11.5. The third-order valence-electron chi connectivity index (χ3n) is 10.1. The van der Waals surface area contributed by atoms with Gasteiger partial charge >= 0.3 is 7.37 Å². The van der Waals surface area contributed by atoms with Crippen LogP contribution in [-0.4, -0.2) is 5.11 Å². The van der Waals surface area contributed by atoms with E-state index in [2.05, 4.69) is 90.2 Å². The zero-order chi connectivity index (χ0) is 33.9. The molecule has 0 aromatic heterocycles. The molecule has 6 heteroatoms. The van der Waals surface area contributed by atoms with Gasteiger partial charge in [0, 0.05) is 16.9 Å². The Morgan fingerprint density at radius 1 is 0.580 bits per heavy atom. The van der Waals surface area contributed by atoms with E-state index in [4.69, 9.17) is 10.3 Å². The van der Waals surface area contributed by atoms with Gasteiger partial charge in [0.2, 0.25) is 0 Å². The Morgan fingerprint density at radius 3 is 1.74 bits per heavy atom. The first kappa shape index (κ1) is 30.1. The molecule has 1 aliphatic carbocycles. The van der Waals surface area contributed by atoms with Gasteiger partial charge in [0.05, 0.1) is 10.7 Å². The summed E-state index contributed by atoms with van der Waals surface area (Å²) in [5, 5.41) is 14.5. The highest BCUT2D eigenvalue weighted by molar-refractivity contribution is 7.68. The van der Waals surface area contributed by atoms with Gasteiger partial charge in [-0.25, -0.2) is 0 Å². The topological polar surface area (TPSA) is 84.6 Å². The minimum atomic E-state index is -3.64. The largest absolute Gasteiger partial charge is 0.508 e. The van der Waals surface area contributed by atoms with Crippen molar-refractivity contribution in [2.75, 3.05) is 11.1 Å². The number of hydrogen-bond donors (Lipinski definition) is 3. The van der Waals surface area contributed by atoms with Crippen LogP contribution in [0.2, 0.25) is 0 Å². The van der Waals surface area contributed by atoms with Crippen molar-refractivity contribution < 1.29 is 14.2 Å². The quantitative estimate of drug-likeness (QED) is 0.121. The lowest BCUT2D eigenvalue weighted by Crippen LogP contribution is -2.28. The van der Waals surface area contributed by atoms with Gasteiger partial charge in [-0.3, -0.25) is 4.57 Å². The molecule has 1 heterocycles. The average molecular weight is 669 g/mol. The second-order valence-corrected chi connectivity index (χ2v) is 15.3. The minimum Gasteiger partial charge on any atom is -0.508 e. The Hall–Kier alpha value is -6.03. The fraction of sp³-hybridized carbons (Fsp3) is 0.0455. The summed E-state index contributed by atoms with van der Waals surface area (Å²) in [7, 11) is -3.64. The fourth-order valence-corrected chi connectivity index (χ4v) is 10.5. The van der Waals surface area contributed by atoms with Gasteiger partial charge in [-0.1, -0.05) is 121 Å². The molecule has 1 aliphatic heterocycles. The van der Waals surface area contributed by atoms with E-state index in [1.165, 1.54) is 22.3 Å². The van der Waals surface area contributed by atoms with Gasteiger partial charge in [0.15, 0.2) is 0 Å². The SMILES string of the molecule is Nc1ccc(C2(c3ccc(NC(c4ccc(O)cc4)P4(=O)Oc5ccccc5-c5ccccc54)cc3)c3ccccc3-c3ccccc32)cc1. The molecule has 242 valence electrons. The van der Waals surface area contributed by atoms with E-state index < -0.39 is 18.6 Å². The molecule has 7 aromatic carbocycles. The highest BCUT2D eigenvalue weighted by atomic mass is 31.2. The number of para-hydroxylation sites is 1. The summed E-state index contributed by atoms with van der Waals surface area (Å²) in [6.07, 6.45) is 0. The van der Waals surface area contributed by atoms with E-state index in [-0.39, 0.29) is 5.75 Å². The molecule has 50 heavy (non-hydrogen) atoms. The Morgan fingerprint density at radius 2 is 1.10 bits per heavy atom. The van der Waals surface area contributed by atoms with Gasteiger partial charge in [-0.15, -0.1) is 0 Å². The smallest absolute Gasteiger partial charge is 0.303 e. The number of nitrogens with one attached hydrogen (secondary N) is 1. The van der Waals surface area contributed by atoms with Crippen molar-refractivity contribution in [1.29, 1.82) is 0 Å². The van der Waals surface area contributed by atoms with Crippen LogP contribution >= 0.6 is 7.37 Å². The van der Waals surface area contributed by atoms with E-state index in [9.17, 15) is 5.11 Å². The summed E-state index contributed by atoms with van der Waals surface area (Å²) in [5.41, 5.74) is 16.7. The third kappa shape index (κ3) is 4.51. The van der Waals surface area contributed by atoms with Crippen LogP contribution in [0.1, 0.15) is 33.6 Å². The Labute approximate surface area is 291 Å². The molecule has 0 radical (unpaired) electrons. The van der Waals surface area contributed by atoms with Crippen molar-refractivity contribution in [3.8, 4) is 33.8 Å². The molecule has 0 bridgehead atoms. The molecule has 2 unspecified atom stereocenters. The van der Waals surface area contributed by atoms with Crippen LogP contribution in [-0.2, 0) is 9.98 Å². The van der Waals surface area contributed by atoms with E-state index in [0.717, 1.165) is 33.5 Å². The summed E-state index contributed by atoms with van der Waals surface area (Å²) in [5.74, 6) is -0.0301. The number of anilines is 2. The van der Waals surface area contributed by atoms with Crippen LogP contribution in [0.15, 0.2) is 170 Å². The van der Waals surface area contributed by atoms with Crippen molar-refractivity contribution in [1.82, 2.24) is 0 Å². The first-order chi connectivity index (χ1) is 24.5. The van der Waals surface area contributed by atoms with Crippen molar-refractivity contribution in [2.24, 2.45) is 0 Å². The first-order valence-corrected chi connectivity index (χ1v) is 18.4. The number of phenolic OH excluding ortho intramolecular Hbond substituents is 1. The van der Waals surface area contributed by atoms with Gasteiger partial charge in [0.25, 0.3) is 0 Å². The molecule has 0 saturated heterocycles. The molecular formula is C44H33N2O3P. The maximum atomic E-state index is 15.5. The van der Waals surface area contributed by atoms with Crippen LogP contribution in [0.5, 0.6) is 11.5 Å². The monoisotopic (exact) mass is 668 g/mol. The molecule has 0 saturated carbocycles. The van der Waals surface area contributed by atoms with Crippen molar-refractivity contribution in [3.63, 3.8) is 0 Å². The Kier molecular flexibility index (Phi) is 6.94. The highest BCUT2D eigenvalue weighted by Gasteiger charge is 2.47. The molecule has 5 nitrogen and oxygen atoms in total. The number of phenols is 1. The zero-order valence-corrected chi connectivity index (χ0v) is 27.9. The number of benzene rings is 7. The lowest BCUT2D eigenvalue weighted by molar-refractivity contribution is 0.473. The van der Waals surface area contributed by atoms with Crippen LogP contribution in [0.3, 0.4) is 0 Å². The average Bonchev–Trinajstić information content (AvgIpc) is 3.46. The zero-order valence-electron chi connectivity index (χ0n) is 27.0. The lowest BCUT2D eigenvalue weighted by atomic mass is 9.67. The number of hydrogen-bond acceptors (Lipinski definition) is 5. The van der Waals surface area contributed by atoms with E-state index >= 15 is 4.57 Å². The van der Waals surface area contributed by atoms with Gasteiger partial charge in [0.1, 0.15) is 17.3 Å². The number of rotatable bonds is 6. The summed E-state index contributed by atoms with van der Waals surface area (Å²) in [6.45, 7) is 0. The van der Waals surface area contributed by atoms with Gasteiger partial charge in [-0.05, 0) is 93.0 Å². The van der Waals surface area contributed by atoms with Gasteiger partial charge < -0.3 is 20.7 Å². The molecule has 7 aromatic rings. The minimum absolute atomic E-state index is 0.135. The van der Waals surface area contributed by atoms with E-state index in [0.29, 0.717) is 16.7 Å². The fourth-order valence-electron chi connectivity index (χ4n) is 7.88. The standard InChI is InChI=1S/C44H33N2O3P/c45-32-23-19-30(20-24-32)44(39-13-5-1-9-35(39)36-10-2-6-14-40(36)44)31-21-25-33(26-22-31)46-43(29-17-27-34(47)28-18-29)50(48)42-16-8-4-12-38(42)37-11-3-7-15-41(37)49-50/h1-28,43,46-47H,45H2. The predicted molar refractivity (Wildman–Crippen MR) is 202 cm³/mol. The number of nitrogen functional groups attached to an aromatic ring is 1. The Bertz CT molecular complexity index is 2390. The summed E-state index contributed by atoms with van der Waals surface area (Å²) < 4.78 is 22.0. The second-order valence-electron chi connectivity index (χ2n) is 12.9. The van der Waals surface area contributed by atoms with Crippen molar-refractivity contribution in [3.05, 3.63) is 198 Å². The highest BCUT2D eigenvalue weighted by Crippen LogP contribution is 2.63. The van der Waals surface area contributed by atoms with E-state index in [1.807, 2.05) is 60.7 Å². The maximum absolute atomic E-state index is 15.5. The number of aromatic hydroxyl groups is 1. The molecule has 9 rings (SSSR count). The summed E-state index contributed by atoms with van der Waals surface area (Å²) in [4.78, 5) is 0. The molecule has 0 spiro atoms. The number of fused-ring (bicyclic) bond motifs is 6. The molecule has 2 aliphatic rings. The van der Waals surface area contributed by atoms with Crippen molar-refractivity contribution in [2.45, 2.75) is 11.2 Å². The first-order valence-electron chi connectivity index (χ1n) is 16.7. The Balaban J connectivity index is 1.18. The van der Waals surface area contributed by atoms with Crippen molar-refractivity contribution >= 4 is 24.0 Å². The normalized spacial score (nSPS) is 17.0. The molecule has 4 N–H and O–H groups in total. The van der Waals surface area contributed by atoms with Crippen LogP contribution in [0.25, 0.3) is 22.3 Å². The third-order valence-corrected chi connectivity index (χ3v) is 12.8. The molecular weight excluding hydrogens is 635 g/mol. The summed E-state index contributed by atoms with van der Waals surface area (Å²) >= 11 is 0. The lowest BCUT2D eigenvalue weighted by Gasteiger charge is -2.35. The van der Waals surface area contributed by atoms with Gasteiger partial charge in [-0.2, -0.15) is 0 Å². The number of nitrogens with two attached hydrogens (primary N) is 1.